The summed E-state index contributed by atoms with van der Waals surface area (Å²) in [6.45, 7) is 2.60. The molecule has 0 atom stereocenters. The van der Waals surface area contributed by atoms with Crippen LogP contribution in [-0.4, -0.2) is 30.5 Å². The summed E-state index contributed by atoms with van der Waals surface area (Å²) in [6.07, 6.45) is 4.30. The number of nitrogens with one attached hydrogen (secondary N) is 2. The third-order valence-electron chi connectivity index (χ3n) is 4.64. The van der Waals surface area contributed by atoms with Crippen molar-refractivity contribution >= 4 is 46.5 Å². The number of benzene rings is 2. The number of hydrogen-bond donors (Lipinski definition) is 2. The zero-order valence-corrected chi connectivity index (χ0v) is 16.8. The van der Waals surface area contributed by atoms with Gasteiger partial charge in [-0.1, -0.05) is 18.2 Å². The molecule has 1 saturated heterocycles. The maximum absolute atomic E-state index is 12.3. The Hall–Kier alpha value is -2.80. The summed E-state index contributed by atoms with van der Waals surface area (Å²) in [5.41, 5.74) is 2.80. The van der Waals surface area contributed by atoms with Crippen LogP contribution < -0.4 is 15.5 Å². The van der Waals surface area contributed by atoms with Crippen molar-refractivity contribution in [2.24, 2.45) is 0 Å². The highest BCUT2D eigenvalue weighted by atomic mass is 32.2. The van der Waals surface area contributed by atoms with Crippen molar-refractivity contribution in [3.63, 3.8) is 0 Å². The fourth-order valence-corrected chi connectivity index (χ4v) is 3.71. The summed E-state index contributed by atoms with van der Waals surface area (Å²) < 4.78 is 0. The normalized spacial score (nSPS) is 13.9. The second-order valence-corrected chi connectivity index (χ2v) is 7.46. The number of aryl methyl sites for hydroxylation is 1. The zero-order chi connectivity index (χ0) is 20.1. The van der Waals surface area contributed by atoms with Crippen molar-refractivity contribution in [3.05, 3.63) is 48.0 Å². The fraction of sp³-hybridized carbons (Fsp3) is 0.286. The molecule has 2 aromatic carbocycles. The maximum atomic E-state index is 12.3. The molecule has 0 spiro atoms. The number of piperidine rings is 1. The van der Waals surface area contributed by atoms with E-state index in [0.717, 1.165) is 29.0 Å². The van der Waals surface area contributed by atoms with Crippen LogP contribution in [0.25, 0.3) is 0 Å². The molecule has 1 aliphatic rings. The first-order chi connectivity index (χ1) is 13.5. The number of anilines is 3. The van der Waals surface area contributed by atoms with E-state index in [9.17, 15) is 14.4 Å². The lowest BCUT2D eigenvalue weighted by Gasteiger charge is -2.28. The van der Waals surface area contributed by atoms with Gasteiger partial charge in [-0.3, -0.25) is 14.4 Å². The number of hydrogen-bond acceptors (Lipinski definition) is 4. The summed E-state index contributed by atoms with van der Waals surface area (Å²) in [6, 6.07) is 12.6. The van der Waals surface area contributed by atoms with Gasteiger partial charge in [0.25, 0.3) is 0 Å². The molecule has 7 heteroatoms. The zero-order valence-electron chi connectivity index (χ0n) is 16.0. The van der Waals surface area contributed by atoms with Crippen LogP contribution in [0, 0.1) is 6.92 Å². The molecule has 0 unspecified atom stereocenters. The van der Waals surface area contributed by atoms with Gasteiger partial charge in [0.2, 0.25) is 5.91 Å². The molecule has 1 heterocycles. The Morgan fingerprint density at radius 3 is 2.54 bits per heavy atom. The van der Waals surface area contributed by atoms with Crippen molar-refractivity contribution in [3.8, 4) is 0 Å². The van der Waals surface area contributed by atoms with Gasteiger partial charge in [-0.2, -0.15) is 0 Å². The smallest absolute Gasteiger partial charge is 0.314 e. The Morgan fingerprint density at radius 2 is 1.79 bits per heavy atom. The average molecular weight is 398 g/mol. The SMILES string of the molecule is CSc1ccccc1NC(=O)C(=O)Nc1ccc(C)c(N2CCCCC2=O)c1. The molecule has 0 bridgehead atoms. The molecule has 3 amide bonds. The van der Waals surface area contributed by atoms with Crippen LogP contribution in [0.3, 0.4) is 0 Å². The standard InChI is InChI=1S/C21H23N3O3S/c1-14-10-11-15(13-17(14)24-12-6-5-9-19(24)25)22-20(26)21(27)23-16-7-3-4-8-18(16)28-2/h3-4,7-8,10-11,13H,5-6,9,12H2,1-2H3,(H,22,26)(H,23,27). The van der Waals surface area contributed by atoms with Crippen LogP contribution in [0.15, 0.2) is 47.4 Å². The van der Waals surface area contributed by atoms with Gasteiger partial charge in [0.1, 0.15) is 0 Å². The minimum absolute atomic E-state index is 0.0873. The molecule has 146 valence electrons. The summed E-state index contributed by atoms with van der Waals surface area (Å²) in [5, 5.41) is 5.27. The number of nitrogens with zero attached hydrogens (tertiary/aromatic N) is 1. The van der Waals surface area contributed by atoms with Crippen molar-refractivity contribution < 1.29 is 14.4 Å². The lowest BCUT2D eigenvalue weighted by molar-refractivity contribution is -0.133. The summed E-state index contributed by atoms with van der Waals surface area (Å²) in [4.78, 5) is 39.5. The fourth-order valence-electron chi connectivity index (χ4n) is 3.15. The minimum Gasteiger partial charge on any atom is -0.318 e. The van der Waals surface area contributed by atoms with Crippen LogP contribution in [0.1, 0.15) is 24.8 Å². The van der Waals surface area contributed by atoms with E-state index >= 15 is 0 Å². The van der Waals surface area contributed by atoms with E-state index < -0.39 is 11.8 Å². The first kappa shape index (κ1) is 19.9. The topological polar surface area (TPSA) is 78.5 Å². The molecule has 1 fully saturated rings. The molecule has 0 aliphatic carbocycles. The quantitative estimate of drug-likeness (QED) is 0.607. The first-order valence-electron chi connectivity index (χ1n) is 9.16. The van der Waals surface area contributed by atoms with Crippen LogP contribution in [0.2, 0.25) is 0 Å². The third-order valence-corrected chi connectivity index (χ3v) is 5.44. The van der Waals surface area contributed by atoms with E-state index in [-0.39, 0.29) is 5.91 Å². The Morgan fingerprint density at radius 1 is 1.04 bits per heavy atom. The Labute approximate surface area is 168 Å². The van der Waals surface area contributed by atoms with Crippen molar-refractivity contribution in [2.75, 3.05) is 28.3 Å². The largest absolute Gasteiger partial charge is 0.318 e. The van der Waals surface area contributed by atoms with Gasteiger partial charge in [0.05, 0.1) is 5.69 Å². The molecule has 6 nitrogen and oxygen atoms in total. The van der Waals surface area contributed by atoms with E-state index in [1.165, 1.54) is 11.8 Å². The van der Waals surface area contributed by atoms with Crippen LogP contribution in [0.4, 0.5) is 17.1 Å². The van der Waals surface area contributed by atoms with Crippen LogP contribution in [-0.2, 0) is 14.4 Å². The molecule has 1 aliphatic heterocycles. The highest BCUT2D eigenvalue weighted by molar-refractivity contribution is 7.98. The number of thioether (sulfide) groups is 1. The van der Waals surface area contributed by atoms with E-state index in [4.69, 9.17) is 0 Å². The molecular weight excluding hydrogens is 374 g/mol. The maximum Gasteiger partial charge on any atom is 0.314 e. The average Bonchev–Trinajstić information content (AvgIpc) is 2.70. The Bertz CT molecular complexity index is 914. The second-order valence-electron chi connectivity index (χ2n) is 6.61. The van der Waals surface area contributed by atoms with Gasteiger partial charge in [-0.25, -0.2) is 0 Å². The van der Waals surface area contributed by atoms with Crippen molar-refractivity contribution in [2.45, 2.75) is 31.1 Å². The first-order valence-corrected chi connectivity index (χ1v) is 10.4. The van der Waals surface area contributed by atoms with Gasteiger partial charge >= 0.3 is 11.8 Å². The predicted octanol–water partition coefficient (Wildman–Crippen LogP) is 3.81. The second kappa shape index (κ2) is 8.93. The Balaban J connectivity index is 1.72. The molecule has 28 heavy (non-hydrogen) atoms. The number of rotatable bonds is 4. The molecule has 0 radical (unpaired) electrons. The lowest BCUT2D eigenvalue weighted by atomic mass is 10.1. The van der Waals surface area contributed by atoms with Crippen molar-refractivity contribution in [1.29, 1.82) is 0 Å². The van der Waals surface area contributed by atoms with Gasteiger partial charge < -0.3 is 15.5 Å². The summed E-state index contributed by atoms with van der Waals surface area (Å²) in [5.74, 6) is -1.41. The predicted molar refractivity (Wildman–Crippen MR) is 113 cm³/mol. The van der Waals surface area contributed by atoms with Gasteiger partial charge in [0, 0.05) is 29.2 Å². The number of carbonyl (C=O) groups excluding carboxylic acids is 3. The molecule has 2 aromatic rings. The Kier molecular flexibility index (Phi) is 6.36. The van der Waals surface area contributed by atoms with Gasteiger partial charge in [-0.05, 0) is 55.9 Å². The van der Waals surface area contributed by atoms with Gasteiger partial charge in [0.15, 0.2) is 0 Å². The molecule has 2 N–H and O–H groups in total. The van der Waals surface area contributed by atoms with E-state index in [1.54, 1.807) is 29.2 Å². The molecule has 0 saturated carbocycles. The van der Waals surface area contributed by atoms with E-state index in [1.807, 2.05) is 31.4 Å². The van der Waals surface area contributed by atoms with E-state index in [0.29, 0.717) is 24.3 Å². The minimum atomic E-state index is -0.754. The molecule has 0 aromatic heterocycles. The summed E-state index contributed by atoms with van der Waals surface area (Å²) >= 11 is 1.49. The van der Waals surface area contributed by atoms with Crippen LogP contribution >= 0.6 is 11.8 Å². The number of para-hydroxylation sites is 1. The van der Waals surface area contributed by atoms with Crippen molar-refractivity contribution in [1.82, 2.24) is 0 Å². The highest BCUT2D eigenvalue weighted by Gasteiger charge is 2.22. The lowest BCUT2D eigenvalue weighted by Crippen LogP contribution is -2.35. The highest BCUT2D eigenvalue weighted by Crippen LogP contribution is 2.28. The summed E-state index contributed by atoms with van der Waals surface area (Å²) in [7, 11) is 0. The number of carbonyl (C=O) groups is 3. The molecular formula is C21H23N3O3S. The monoisotopic (exact) mass is 397 g/mol. The molecule has 3 rings (SSSR count). The number of amides is 3. The van der Waals surface area contributed by atoms with Gasteiger partial charge in [-0.15, -0.1) is 11.8 Å². The van der Waals surface area contributed by atoms with Crippen LogP contribution in [0.5, 0.6) is 0 Å². The third kappa shape index (κ3) is 4.54. The van der Waals surface area contributed by atoms with E-state index in [2.05, 4.69) is 10.6 Å².